The molecule has 2 heterocycles. The van der Waals surface area contributed by atoms with Crippen molar-refractivity contribution in [2.75, 3.05) is 13.7 Å². The van der Waals surface area contributed by atoms with Crippen LogP contribution >= 0.6 is 11.6 Å². The highest BCUT2D eigenvalue weighted by molar-refractivity contribution is 6.30. The summed E-state index contributed by atoms with van der Waals surface area (Å²) in [7, 11) is 1.95. The molecule has 1 aromatic rings. The molecule has 0 amide bonds. The van der Waals surface area contributed by atoms with E-state index in [1.807, 2.05) is 34.8 Å². The maximum atomic E-state index is 9.05. The van der Waals surface area contributed by atoms with Crippen LogP contribution < -0.4 is 0 Å². The first-order chi connectivity index (χ1) is 6.22. The smallest absolute Gasteiger partial charge is 0.113 e. The van der Waals surface area contributed by atoms with Crippen molar-refractivity contribution in [3.05, 3.63) is 28.7 Å². The van der Waals surface area contributed by atoms with Crippen LogP contribution in [-0.4, -0.2) is 28.2 Å². The van der Waals surface area contributed by atoms with E-state index in [1.54, 1.807) is 0 Å². The van der Waals surface area contributed by atoms with Gasteiger partial charge in [0.05, 0.1) is 18.8 Å². The third-order valence-corrected chi connectivity index (χ3v) is 2.59. The number of hydrogen-bond acceptors (Lipinski definition) is 2. The first kappa shape index (κ1) is 8.66. The van der Waals surface area contributed by atoms with Crippen LogP contribution in [0.4, 0.5) is 0 Å². The average Bonchev–Trinajstić information content (AvgIpc) is 2.46. The fourth-order valence-electron chi connectivity index (χ4n) is 1.49. The Morgan fingerprint density at radius 1 is 1.54 bits per heavy atom. The predicted molar refractivity (Wildman–Crippen MR) is 52.3 cm³/mol. The minimum atomic E-state index is 0.0461. The monoisotopic (exact) mass is 198 g/mol. The van der Waals surface area contributed by atoms with E-state index in [0.29, 0.717) is 5.15 Å². The van der Waals surface area contributed by atoms with Gasteiger partial charge in [0, 0.05) is 18.9 Å². The summed E-state index contributed by atoms with van der Waals surface area (Å²) in [5.41, 5.74) is 2.02. The van der Waals surface area contributed by atoms with Crippen LogP contribution in [0.15, 0.2) is 17.8 Å². The molecule has 1 aromatic heterocycles. The molecule has 0 radical (unpaired) electrons. The van der Waals surface area contributed by atoms with Crippen LogP contribution in [0.3, 0.4) is 0 Å². The molecule has 4 heteroatoms. The lowest BCUT2D eigenvalue weighted by Crippen LogP contribution is -2.25. The minimum Gasteiger partial charge on any atom is -0.390 e. The van der Waals surface area contributed by atoms with Gasteiger partial charge in [0.25, 0.3) is 0 Å². The fraction of sp³-hybridized carbons (Fsp3) is 0.333. The summed E-state index contributed by atoms with van der Waals surface area (Å²) in [6.45, 7) is 0.837. The second kappa shape index (κ2) is 3.09. The Labute approximate surface area is 81.8 Å². The Morgan fingerprint density at radius 3 is 3.00 bits per heavy atom. The van der Waals surface area contributed by atoms with Gasteiger partial charge in [-0.05, 0) is 12.1 Å². The SMILES string of the molecule is CN1Cc2ccc(Cl)n2C=C1CO. The van der Waals surface area contributed by atoms with Gasteiger partial charge in [-0.1, -0.05) is 11.6 Å². The van der Waals surface area contributed by atoms with Crippen molar-refractivity contribution < 1.29 is 5.11 Å². The summed E-state index contributed by atoms with van der Waals surface area (Å²) >= 11 is 5.95. The first-order valence-corrected chi connectivity index (χ1v) is 4.48. The highest BCUT2D eigenvalue weighted by Gasteiger charge is 2.15. The van der Waals surface area contributed by atoms with Gasteiger partial charge < -0.3 is 14.6 Å². The van der Waals surface area contributed by atoms with Crippen LogP contribution in [0.1, 0.15) is 5.69 Å². The zero-order valence-electron chi connectivity index (χ0n) is 7.37. The predicted octanol–water partition coefficient (Wildman–Crippen LogP) is 1.38. The number of rotatable bonds is 1. The molecule has 2 rings (SSSR count). The Balaban J connectivity index is 2.46. The molecule has 1 aliphatic rings. The first-order valence-electron chi connectivity index (χ1n) is 4.10. The standard InChI is InChI=1S/C9H11ClN2O/c1-11-4-7-2-3-9(10)12(7)5-8(11)6-13/h2-3,5,13H,4,6H2,1H3. The molecule has 0 atom stereocenters. The van der Waals surface area contributed by atoms with Gasteiger partial charge in [0.2, 0.25) is 0 Å². The van der Waals surface area contributed by atoms with Crippen LogP contribution in [0.2, 0.25) is 5.15 Å². The maximum Gasteiger partial charge on any atom is 0.113 e. The van der Waals surface area contributed by atoms with Crippen LogP contribution in [0.5, 0.6) is 0 Å². The van der Waals surface area contributed by atoms with Gasteiger partial charge in [-0.15, -0.1) is 0 Å². The molecule has 0 unspecified atom stereocenters. The third kappa shape index (κ3) is 1.34. The Morgan fingerprint density at radius 2 is 2.31 bits per heavy atom. The van der Waals surface area contributed by atoms with Crippen LogP contribution in [0, 0.1) is 0 Å². The van der Waals surface area contributed by atoms with Crippen molar-refractivity contribution in [1.82, 2.24) is 9.47 Å². The highest BCUT2D eigenvalue weighted by atomic mass is 35.5. The molecule has 0 fully saturated rings. The minimum absolute atomic E-state index is 0.0461. The number of fused-ring (bicyclic) bond motifs is 1. The maximum absolute atomic E-state index is 9.05. The van der Waals surface area contributed by atoms with E-state index < -0.39 is 0 Å². The highest BCUT2D eigenvalue weighted by Crippen LogP contribution is 2.23. The van der Waals surface area contributed by atoms with Gasteiger partial charge in [-0.25, -0.2) is 0 Å². The molecular formula is C9H11ClN2O. The summed E-state index contributed by atoms with van der Waals surface area (Å²) in [6.07, 6.45) is 1.86. The van der Waals surface area contributed by atoms with Crippen molar-refractivity contribution in [2.45, 2.75) is 6.54 Å². The molecule has 0 aliphatic carbocycles. The van der Waals surface area contributed by atoms with Crippen molar-refractivity contribution in [1.29, 1.82) is 0 Å². The van der Waals surface area contributed by atoms with Crippen LogP contribution in [-0.2, 0) is 6.54 Å². The molecule has 0 saturated carbocycles. The number of halogens is 1. The van der Waals surface area contributed by atoms with Gasteiger partial charge in [-0.3, -0.25) is 0 Å². The quantitative estimate of drug-likeness (QED) is 0.739. The Bertz CT molecular complexity index is 356. The second-order valence-corrected chi connectivity index (χ2v) is 3.54. The Kier molecular flexibility index (Phi) is 2.06. The number of aliphatic hydroxyl groups excluding tert-OH is 1. The van der Waals surface area contributed by atoms with E-state index >= 15 is 0 Å². The number of hydrogen-bond donors (Lipinski definition) is 1. The van der Waals surface area contributed by atoms with Crippen molar-refractivity contribution in [2.24, 2.45) is 0 Å². The fourth-order valence-corrected chi connectivity index (χ4v) is 1.71. The van der Waals surface area contributed by atoms with Gasteiger partial charge in [-0.2, -0.15) is 0 Å². The molecule has 3 nitrogen and oxygen atoms in total. The molecule has 70 valence electrons. The molecule has 1 aliphatic heterocycles. The third-order valence-electron chi connectivity index (χ3n) is 2.28. The van der Waals surface area contributed by atoms with E-state index in [-0.39, 0.29) is 6.61 Å². The van der Waals surface area contributed by atoms with E-state index in [9.17, 15) is 0 Å². The largest absolute Gasteiger partial charge is 0.390 e. The lowest BCUT2D eigenvalue weighted by molar-refractivity contribution is 0.266. The van der Waals surface area contributed by atoms with Crippen molar-refractivity contribution in [3.63, 3.8) is 0 Å². The van der Waals surface area contributed by atoms with Gasteiger partial charge >= 0.3 is 0 Å². The van der Waals surface area contributed by atoms with E-state index in [4.69, 9.17) is 16.7 Å². The average molecular weight is 199 g/mol. The van der Waals surface area contributed by atoms with E-state index in [0.717, 1.165) is 17.9 Å². The molecule has 1 N–H and O–H groups in total. The summed E-state index contributed by atoms with van der Waals surface area (Å²) in [6, 6.07) is 3.85. The molecule has 0 spiro atoms. The zero-order chi connectivity index (χ0) is 9.42. The van der Waals surface area contributed by atoms with Crippen molar-refractivity contribution >= 4 is 17.8 Å². The number of likely N-dealkylation sites (N-methyl/N-ethyl adjacent to an activating group) is 1. The number of nitrogens with zero attached hydrogens (tertiary/aromatic N) is 2. The summed E-state index contributed by atoms with van der Waals surface area (Å²) in [5, 5.41) is 9.74. The Hall–Kier alpha value is -0.930. The number of aliphatic hydroxyl groups is 1. The van der Waals surface area contributed by atoms with Crippen LogP contribution in [0.25, 0.3) is 6.20 Å². The second-order valence-electron chi connectivity index (χ2n) is 3.15. The molecule has 0 saturated heterocycles. The molecular weight excluding hydrogens is 188 g/mol. The van der Waals surface area contributed by atoms with E-state index in [2.05, 4.69) is 0 Å². The summed E-state index contributed by atoms with van der Waals surface area (Å²) in [5.74, 6) is 0. The van der Waals surface area contributed by atoms with Crippen molar-refractivity contribution in [3.8, 4) is 0 Å². The lowest BCUT2D eigenvalue weighted by atomic mass is 10.3. The number of aromatic nitrogens is 1. The summed E-state index contributed by atoms with van der Waals surface area (Å²) < 4.78 is 1.90. The molecule has 0 aromatic carbocycles. The van der Waals surface area contributed by atoms with Gasteiger partial charge in [0.15, 0.2) is 0 Å². The normalized spacial score (nSPS) is 15.6. The topological polar surface area (TPSA) is 28.4 Å². The zero-order valence-corrected chi connectivity index (χ0v) is 8.12. The lowest BCUT2D eigenvalue weighted by Gasteiger charge is -2.26. The summed E-state index contributed by atoms with van der Waals surface area (Å²) in [4.78, 5) is 2.01. The van der Waals surface area contributed by atoms with E-state index in [1.165, 1.54) is 0 Å². The molecule has 0 bridgehead atoms. The molecule has 13 heavy (non-hydrogen) atoms. The van der Waals surface area contributed by atoms with Gasteiger partial charge in [0.1, 0.15) is 5.15 Å².